The predicted molar refractivity (Wildman–Crippen MR) is 59.4 cm³/mol. The maximum Gasteiger partial charge on any atom is 0.137 e. The van der Waals surface area contributed by atoms with Gasteiger partial charge in [-0.1, -0.05) is 13.0 Å². The molecule has 0 saturated heterocycles. The van der Waals surface area contributed by atoms with Crippen molar-refractivity contribution in [2.75, 3.05) is 7.11 Å². The van der Waals surface area contributed by atoms with Gasteiger partial charge in [-0.25, -0.2) is 0 Å². The van der Waals surface area contributed by atoms with Crippen molar-refractivity contribution in [3.63, 3.8) is 0 Å². The van der Waals surface area contributed by atoms with Crippen molar-refractivity contribution in [3.8, 4) is 5.75 Å². The number of Topliss-reactive ketones (excluding diaryl/α,β-unsaturated/α-hetero) is 1. The number of fused-ring (bicyclic) bond motifs is 1. The average molecular weight is 204 g/mol. The van der Waals surface area contributed by atoms with Gasteiger partial charge >= 0.3 is 0 Å². The molecule has 0 N–H and O–H groups in total. The van der Waals surface area contributed by atoms with Gasteiger partial charge in [0, 0.05) is 12.8 Å². The van der Waals surface area contributed by atoms with Crippen molar-refractivity contribution < 1.29 is 9.53 Å². The lowest BCUT2D eigenvalue weighted by Gasteiger charge is -2.18. The van der Waals surface area contributed by atoms with Gasteiger partial charge < -0.3 is 4.74 Å². The molecule has 0 atom stereocenters. The molecule has 1 aliphatic rings. The molecular weight excluding hydrogens is 188 g/mol. The molecule has 2 rings (SSSR count). The summed E-state index contributed by atoms with van der Waals surface area (Å²) in [4.78, 5) is 11.3. The number of ether oxygens (including phenoxy) is 1. The monoisotopic (exact) mass is 204 g/mol. The van der Waals surface area contributed by atoms with Crippen LogP contribution in [0.3, 0.4) is 0 Å². The average Bonchev–Trinajstić information content (AvgIpc) is 2.27. The van der Waals surface area contributed by atoms with E-state index in [-0.39, 0.29) is 0 Å². The second-order valence-corrected chi connectivity index (χ2v) is 4.00. The number of rotatable bonds is 2. The number of hydrogen-bond donors (Lipinski definition) is 0. The molecule has 1 aliphatic carbocycles. The number of benzene rings is 1. The van der Waals surface area contributed by atoms with Crippen molar-refractivity contribution in [2.45, 2.75) is 32.6 Å². The van der Waals surface area contributed by atoms with Gasteiger partial charge in [0.15, 0.2) is 0 Å². The van der Waals surface area contributed by atoms with Gasteiger partial charge in [0.05, 0.1) is 7.11 Å². The van der Waals surface area contributed by atoms with E-state index in [1.54, 1.807) is 7.11 Å². The van der Waals surface area contributed by atoms with Crippen LogP contribution >= 0.6 is 0 Å². The van der Waals surface area contributed by atoms with Gasteiger partial charge in [-0.05, 0) is 35.6 Å². The first-order valence-corrected chi connectivity index (χ1v) is 5.45. The molecule has 2 nitrogen and oxygen atoms in total. The summed E-state index contributed by atoms with van der Waals surface area (Å²) in [6, 6.07) is 4.23. The summed E-state index contributed by atoms with van der Waals surface area (Å²) in [5, 5.41) is 0. The Bertz CT molecular complexity index is 394. The number of ketones is 1. The zero-order chi connectivity index (χ0) is 10.8. The lowest BCUT2D eigenvalue weighted by molar-refractivity contribution is -0.118. The Morgan fingerprint density at radius 3 is 2.73 bits per heavy atom. The summed E-state index contributed by atoms with van der Waals surface area (Å²) in [5.74, 6) is 1.26. The highest BCUT2D eigenvalue weighted by Gasteiger charge is 2.17. The van der Waals surface area contributed by atoms with E-state index in [9.17, 15) is 4.79 Å². The van der Waals surface area contributed by atoms with Gasteiger partial charge in [0.1, 0.15) is 11.5 Å². The minimum Gasteiger partial charge on any atom is -0.496 e. The molecule has 0 unspecified atom stereocenters. The molecule has 0 heterocycles. The van der Waals surface area contributed by atoms with Crippen LogP contribution in [0.4, 0.5) is 0 Å². The summed E-state index contributed by atoms with van der Waals surface area (Å²) in [7, 11) is 1.69. The molecule has 0 amide bonds. The molecule has 2 heteroatoms. The summed E-state index contributed by atoms with van der Waals surface area (Å²) >= 11 is 0. The number of methoxy groups -OCH3 is 1. The third-order valence-electron chi connectivity index (χ3n) is 3.04. The fourth-order valence-corrected chi connectivity index (χ4v) is 2.16. The Kier molecular flexibility index (Phi) is 2.76. The number of aryl methyl sites for hydroxylation is 2. The highest BCUT2D eigenvalue weighted by molar-refractivity contribution is 5.83. The summed E-state index contributed by atoms with van der Waals surface area (Å²) in [5.41, 5.74) is 3.72. The molecule has 1 aromatic carbocycles. The van der Waals surface area contributed by atoms with Crippen LogP contribution in [0.5, 0.6) is 5.75 Å². The lowest BCUT2D eigenvalue weighted by Crippen LogP contribution is -2.13. The van der Waals surface area contributed by atoms with Crippen LogP contribution in [0.2, 0.25) is 0 Å². The molecule has 0 radical (unpaired) electrons. The highest BCUT2D eigenvalue weighted by Crippen LogP contribution is 2.28. The zero-order valence-electron chi connectivity index (χ0n) is 9.30. The van der Waals surface area contributed by atoms with Crippen molar-refractivity contribution in [1.29, 1.82) is 0 Å². The Morgan fingerprint density at radius 1 is 1.27 bits per heavy atom. The molecule has 0 fully saturated rings. The van der Waals surface area contributed by atoms with Crippen molar-refractivity contribution >= 4 is 5.78 Å². The Hall–Kier alpha value is -1.31. The fourth-order valence-electron chi connectivity index (χ4n) is 2.16. The van der Waals surface area contributed by atoms with E-state index in [1.807, 2.05) is 6.07 Å². The molecule has 80 valence electrons. The first-order valence-electron chi connectivity index (χ1n) is 5.45. The lowest BCUT2D eigenvalue weighted by atomic mass is 9.89. The smallest absolute Gasteiger partial charge is 0.137 e. The van der Waals surface area contributed by atoms with Crippen LogP contribution in [0.1, 0.15) is 30.0 Å². The predicted octanol–water partition coefficient (Wildman–Crippen LogP) is 2.32. The molecular formula is C13H16O2. The number of hydrogen-bond acceptors (Lipinski definition) is 2. The Morgan fingerprint density at radius 2 is 2.07 bits per heavy atom. The minimum atomic E-state index is 0.341. The van der Waals surface area contributed by atoms with Crippen LogP contribution in [-0.4, -0.2) is 12.9 Å². The molecule has 0 aromatic heterocycles. The van der Waals surface area contributed by atoms with Gasteiger partial charge in [-0.3, -0.25) is 4.79 Å². The SMILES string of the molecule is CCc1cc2c(cc1OC)CC(=O)CC2. The van der Waals surface area contributed by atoms with E-state index >= 15 is 0 Å². The normalized spacial score (nSPS) is 14.9. The van der Waals surface area contributed by atoms with Crippen LogP contribution in [0.15, 0.2) is 12.1 Å². The summed E-state index contributed by atoms with van der Waals surface area (Å²) < 4.78 is 5.33. The quantitative estimate of drug-likeness (QED) is 0.739. The van der Waals surface area contributed by atoms with Crippen LogP contribution in [0, 0.1) is 0 Å². The summed E-state index contributed by atoms with van der Waals surface area (Å²) in [6.07, 6.45) is 3.15. The largest absolute Gasteiger partial charge is 0.496 e. The van der Waals surface area contributed by atoms with E-state index in [0.717, 1.165) is 24.2 Å². The highest BCUT2D eigenvalue weighted by atomic mass is 16.5. The van der Waals surface area contributed by atoms with E-state index < -0.39 is 0 Å². The van der Waals surface area contributed by atoms with Crippen molar-refractivity contribution in [1.82, 2.24) is 0 Å². The van der Waals surface area contributed by atoms with Crippen molar-refractivity contribution in [2.24, 2.45) is 0 Å². The Labute approximate surface area is 90.3 Å². The van der Waals surface area contributed by atoms with Gasteiger partial charge in [0.2, 0.25) is 0 Å². The zero-order valence-corrected chi connectivity index (χ0v) is 9.30. The van der Waals surface area contributed by atoms with Gasteiger partial charge in [-0.15, -0.1) is 0 Å². The first-order chi connectivity index (χ1) is 7.24. The standard InChI is InChI=1S/C13H16O2/c1-3-9-6-10-4-5-12(14)7-11(10)8-13(9)15-2/h6,8H,3-5,7H2,1-2H3. The maximum absolute atomic E-state index is 11.3. The molecule has 0 aliphatic heterocycles. The second kappa shape index (κ2) is 4.05. The third-order valence-corrected chi connectivity index (χ3v) is 3.04. The molecule has 0 spiro atoms. The number of carbonyl (C=O) groups is 1. The maximum atomic E-state index is 11.3. The van der Waals surface area contributed by atoms with E-state index in [4.69, 9.17) is 4.74 Å². The molecule has 0 bridgehead atoms. The van der Waals surface area contributed by atoms with Gasteiger partial charge in [0.25, 0.3) is 0 Å². The van der Waals surface area contributed by atoms with Crippen molar-refractivity contribution in [3.05, 3.63) is 28.8 Å². The Balaban J connectivity index is 2.45. The van der Waals surface area contributed by atoms with E-state index in [2.05, 4.69) is 13.0 Å². The molecule has 0 saturated carbocycles. The van der Waals surface area contributed by atoms with E-state index in [1.165, 1.54) is 11.1 Å². The first kappa shape index (κ1) is 10.2. The molecule has 15 heavy (non-hydrogen) atoms. The third kappa shape index (κ3) is 1.89. The summed E-state index contributed by atoms with van der Waals surface area (Å²) in [6.45, 7) is 2.12. The van der Waals surface area contributed by atoms with Crippen LogP contribution in [0.25, 0.3) is 0 Å². The number of carbonyl (C=O) groups excluding carboxylic acids is 1. The van der Waals surface area contributed by atoms with E-state index in [0.29, 0.717) is 18.6 Å². The topological polar surface area (TPSA) is 26.3 Å². The molecule has 1 aromatic rings. The van der Waals surface area contributed by atoms with Crippen LogP contribution < -0.4 is 4.74 Å². The van der Waals surface area contributed by atoms with Crippen LogP contribution in [-0.2, 0) is 24.1 Å². The fraction of sp³-hybridized carbons (Fsp3) is 0.462. The minimum absolute atomic E-state index is 0.341. The van der Waals surface area contributed by atoms with Gasteiger partial charge in [-0.2, -0.15) is 0 Å². The second-order valence-electron chi connectivity index (χ2n) is 4.00.